The molecule has 1 aliphatic rings. The topological polar surface area (TPSA) is 91.4 Å². The van der Waals surface area contributed by atoms with Gasteiger partial charge < -0.3 is 23.9 Å². The summed E-state index contributed by atoms with van der Waals surface area (Å²) in [4.78, 5) is 16.9. The van der Waals surface area contributed by atoms with Gasteiger partial charge in [-0.05, 0) is 35.9 Å². The van der Waals surface area contributed by atoms with Gasteiger partial charge in [0.05, 0.1) is 0 Å². The number of hydrogen-bond donors (Lipinski definition) is 1. The normalized spacial score (nSPS) is 12.1. The molecule has 3 heterocycles. The Balaban J connectivity index is 1.29. The lowest BCUT2D eigenvalue weighted by Gasteiger charge is -2.08. The molecular weight excluding hydrogens is 384 g/mol. The summed E-state index contributed by atoms with van der Waals surface area (Å²) in [6, 6.07) is 18.9. The quantitative estimate of drug-likeness (QED) is 0.532. The van der Waals surface area contributed by atoms with Crippen molar-refractivity contribution in [3.05, 3.63) is 72.4 Å². The molecule has 0 saturated heterocycles. The number of nitrogens with one attached hydrogen (secondary N) is 1. The van der Waals surface area contributed by atoms with E-state index in [0.717, 1.165) is 11.1 Å². The van der Waals surface area contributed by atoms with Crippen LogP contribution in [0.4, 0.5) is 0 Å². The molecule has 1 aliphatic heterocycles. The first kappa shape index (κ1) is 18.0. The van der Waals surface area contributed by atoms with Crippen molar-refractivity contribution in [3.63, 3.8) is 0 Å². The van der Waals surface area contributed by atoms with Gasteiger partial charge in [0.2, 0.25) is 18.5 Å². The second-order valence-electron chi connectivity index (χ2n) is 6.77. The molecule has 8 heteroatoms. The number of aromatic nitrogens is 3. The summed E-state index contributed by atoms with van der Waals surface area (Å²) in [5.74, 6) is 2.01. The van der Waals surface area contributed by atoms with E-state index >= 15 is 0 Å². The van der Waals surface area contributed by atoms with Gasteiger partial charge in [0.1, 0.15) is 12.2 Å². The molecule has 0 spiro atoms. The van der Waals surface area contributed by atoms with Gasteiger partial charge in [-0.25, -0.2) is 0 Å². The first-order valence-electron chi connectivity index (χ1n) is 9.46. The highest BCUT2D eigenvalue weighted by Gasteiger charge is 2.18. The van der Waals surface area contributed by atoms with Crippen LogP contribution in [0.2, 0.25) is 0 Å². The summed E-state index contributed by atoms with van der Waals surface area (Å²) in [7, 11) is 0. The maximum absolute atomic E-state index is 12.4. The molecule has 0 bridgehead atoms. The number of benzene rings is 2. The van der Waals surface area contributed by atoms with E-state index in [1.807, 2.05) is 66.9 Å². The van der Waals surface area contributed by atoms with Crippen molar-refractivity contribution in [3.8, 4) is 34.5 Å². The predicted octanol–water partition coefficient (Wildman–Crippen LogP) is 3.25. The van der Waals surface area contributed by atoms with Crippen LogP contribution >= 0.6 is 0 Å². The molecule has 1 amide bonds. The Morgan fingerprint density at radius 3 is 2.80 bits per heavy atom. The monoisotopic (exact) mass is 402 g/mol. The summed E-state index contributed by atoms with van der Waals surface area (Å²) < 4.78 is 18.0. The number of carbonyl (C=O) groups is 1. The maximum Gasteiger partial charge on any atom is 0.274 e. The predicted molar refractivity (Wildman–Crippen MR) is 108 cm³/mol. The summed E-state index contributed by atoms with van der Waals surface area (Å²) in [5, 5.41) is 6.99. The standard InChI is InChI=1S/C22H18N4O4/c27-20(23-12-15-5-2-1-3-6-15)13-26-10-4-7-17(26)22-24-21(25-30-22)16-8-9-18-19(11-16)29-14-28-18/h1-11H,12-14H2,(H,23,27). The fourth-order valence-electron chi connectivity index (χ4n) is 3.23. The van der Waals surface area contributed by atoms with E-state index in [1.54, 1.807) is 4.57 Å². The molecule has 0 atom stereocenters. The molecule has 1 N–H and O–H groups in total. The number of amides is 1. The van der Waals surface area contributed by atoms with Crippen molar-refractivity contribution in [2.24, 2.45) is 0 Å². The third-order valence-corrected chi connectivity index (χ3v) is 4.75. The Hall–Kier alpha value is -4.07. The highest BCUT2D eigenvalue weighted by atomic mass is 16.7. The van der Waals surface area contributed by atoms with Crippen LogP contribution in [-0.4, -0.2) is 27.4 Å². The molecule has 2 aromatic carbocycles. The van der Waals surface area contributed by atoms with Gasteiger partial charge in [-0.15, -0.1) is 0 Å². The van der Waals surface area contributed by atoms with Crippen molar-refractivity contribution >= 4 is 5.91 Å². The van der Waals surface area contributed by atoms with Crippen molar-refractivity contribution in [2.45, 2.75) is 13.1 Å². The molecule has 150 valence electrons. The SMILES string of the molecule is O=C(Cn1cccc1-c1nc(-c2ccc3c(c2)OCO3)no1)NCc1ccccc1. The van der Waals surface area contributed by atoms with Crippen molar-refractivity contribution in [1.82, 2.24) is 20.0 Å². The fraction of sp³-hybridized carbons (Fsp3) is 0.136. The van der Waals surface area contributed by atoms with Crippen LogP contribution < -0.4 is 14.8 Å². The van der Waals surface area contributed by atoms with E-state index in [0.29, 0.717) is 35.5 Å². The fourth-order valence-corrected chi connectivity index (χ4v) is 3.23. The van der Waals surface area contributed by atoms with Crippen molar-refractivity contribution in [1.29, 1.82) is 0 Å². The third-order valence-electron chi connectivity index (χ3n) is 4.75. The summed E-state index contributed by atoms with van der Waals surface area (Å²) >= 11 is 0. The lowest BCUT2D eigenvalue weighted by molar-refractivity contribution is -0.121. The van der Waals surface area contributed by atoms with E-state index < -0.39 is 0 Å². The zero-order chi connectivity index (χ0) is 20.3. The van der Waals surface area contributed by atoms with Gasteiger partial charge in [0, 0.05) is 18.3 Å². The Kier molecular flexibility index (Phi) is 4.65. The molecule has 8 nitrogen and oxygen atoms in total. The summed E-state index contributed by atoms with van der Waals surface area (Å²) in [6.07, 6.45) is 1.81. The first-order chi connectivity index (χ1) is 14.8. The largest absolute Gasteiger partial charge is 0.454 e. The molecular formula is C22H18N4O4. The van der Waals surface area contributed by atoms with E-state index in [2.05, 4.69) is 15.5 Å². The zero-order valence-electron chi connectivity index (χ0n) is 15.9. The second kappa shape index (κ2) is 7.75. The van der Waals surface area contributed by atoms with Gasteiger partial charge in [0.25, 0.3) is 5.89 Å². The number of rotatable bonds is 6. The van der Waals surface area contributed by atoms with Crippen LogP contribution in [0.1, 0.15) is 5.56 Å². The van der Waals surface area contributed by atoms with Crippen LogP contribution in [0.5, 0.6) is 11.5 Å². The van der Waals surface area contributed by atoms with Crippen molar-refractivity contribution in [2.75, 3.05) is 6.79 Å². The Morgan fingerprint density at radius 1 is 1.03 bits per heavy atom. The number of nitrogens with zero attached hydrogens (tertiary/aromatic N) is 3. The van der Waals surface area contributed by atoms with Crippen LogP contribution in [-0.2, 0) is 17.9 Å². The average molecular weight is 402 g/mol. The molecule has 5 rings (SSSR count). The third kappa shape index (κ3) is 3.62. The maximum atomic E-state index is 12.4. The minimum Gasteiger partial charge on any atom is -0.454 e. The second-order valence-corrected chi connectivity index (χ2v) is 6.77. The minimum atomic E-state index is -0.105. The van der Waals surface area contributed by atoms with E-state index in [9.17, 15) is 4.79 Å². The van der Waals surface area contributed by atoms with Gasteiger partial charge in [-0.1, -0.05) is 35.5 Å². The molecule has 2 aromatic heterocycles. The summed E-state index contributed by atoms with van der Waals surface area (Å²) in [5.41, 5.74) is 2.47. The molecule has 0 saturated carbocycles. The van der Waals surface area contributed by atoms with E-state index in [1.165, 1.54) is 0 Å². The highest BCUT2D eigenvalue weighted by molar-refractivity contribution is 5.76. The summed E-state index contributed by atoms with van der Waals surface area (Å²) in [6.45, 7) is 0.831. The van der Waals surface area contributed by atoms with Gasteiger partial charge in [-0.3, -0.25) is 4.79 Å². The van der Waals surface area contributed by atoms with Crippen LogP contribution in [0.15, 0.2) is 71.4 Å². The highest BCUT2D eigenvalue weighted by Crippen LogP contribution is 2.35. The number of carbonyl (C=O) groups excluding carboxylic acids is 1. The van der Waals surface area contributed by atoms with Crippen molar-refractivity contribution < 1.29 is 18.8 Å². The number of fused-ring (bicyclic) bond motifs is 1. The van der Waals surface area contributed by atoms with E-state index in [-0.39, 0.29) is 19.2 Å². The molecule has 0 unspecified atom stereocenters. The molecule has 30 heavy (non-hydrogen) atoms. The van der Waals surface area contributed by atoms with Crippen LogP contribution in [0, 0.1) is 0 Å². The Morgan fingerprint density at radius 2 is 1.90 bits per heavy atom. The van der Waals surface area contributed by atoms with Gasteiger partial charge >= 0.3 is 0 Å². The molecule has 0 radical (unpaired) electrons. The van der Waals surface area contributed by atoms with E-state index in [4.69, 9.17) is 14.0 Å². The van der Waals surface area contributed by atoms with Crippen LogP contribution in [0.3, 0.4) is 0 Å². The smallest absolute Gasteiger partial charge is 0.274 e. The lowest BCUT2D eigenvalue weighted by Crippen LogP contribution is -2.27. The molecule has 4 aromatic rings. The zero-order valence-corrected chi connectivity index (χ0v) is 15.9. The molecule has 0 aliphatic carbocycles. The Bertz CT molecular complexity index is 1180. The molecule has 0 fully saturated rings. The van der Waals surface area contributed by atoms with Gasteiger partial charge in [0.15, 0.2) is 11.5 Å². The average Bonchev–Trinajstić information content (AvgIpc) is 3.52. The van der Waals surface area contributed by atoms with Crippen LogP contribution in [0.25, 0.3) is 23.0 Å². The Labute approximate surface area is 172 Å². The number of ether oxygens (including phenoxy) is 2. The minimum absolute atomic E-state index is 0.105. The van der Waals surface area contributed by atoms with Gasteiger partial charge in [-0.2, -0.15) is 4.98 Å². The lowest BCUT2D eigenvalue weighted by atomic mass is 10.2. The number of hydrogen-bond acceptors (Lipinski definition) is 6. The first-order valence-corrected chi connectivity index (χ1v) is 9.46.